The molecule has 0 amide bonds. The second-order valence-corrected chi connectivity index (χ2v) is 10.2. The third-order valence-electron chi connectivity index (χ3n) is 6.32. The van der Waals surface area contributed by atoms with Gasteiger partial charge in [0.05, 0.1) is 50.1 Å². The number of methoxy groups -OCH3 is 1. The summed E-state index contributed by atoms with van der Waals surface area (Å²) in [6.07, 6.45) is -2.06. The van der Waals surface area contributed by atoms with Gasteiger partial charge >= 0.3 is 47.5 Å². The van der Waals surface area contributed by atoms with Crippen molar-refractivity contribution in [2.75, 3.05) is 46.8 Å². The lowest BCUT2D eigenvalue weighted by atomic mass is 9.89. The first-order chi connectivity index (χ1) is 20.9. The summed E-state index contributed by atoms with van der Waals surface area (Å²) in [6.45, 7) is 0.799. The van der Waals surface area contributed by atoms with Gasteiger partial charge in [-0.05, 0) is 6.42 Å². The third-order valence-corrected chi connectivity index (χ3v) is 6.32. The Morgan fingerprint density at radius 1 is 0.674 bits per heavy atom. The zero-order valence-corrected chi connectivity index (χ0v) is 24.9. The largest absolute Gasteiger partial charge is 0.462 e. The summed E-state index contributed by atoms with van der Waals surface area (Å²) in [5.41, 5.74) is -0.820. The first-order valence-corrected chi connectivity index (χ1v) is 13.6. The quantitative estimate of drug-likeness (QED) is 0.0524. The molecule has 1 unspecified atom stereocenters. The molecule has 0 saturated heterocycles. The van der Waals surface area contributed by atoms with E-state index in [1.807, 2.05) is 0 Å². The highest BCUT2D eigenvalue weighted by Gasteiger charge is 2.89. The fourth-order valence-electron chi connectivity index (χ4n) is 3.44. The molecule has 0 rings (SSSR count). The molecule has 0 radical (unpaired) electrons. The summed E-state index contributed by atoms with van der Waals surface area (Å²) in [7, 11) is 1.17. The fourth-order valence-corrected chi connectivity index (χ4v) is 3.44. The van der Waals surface area contributed by atoms with Crippen LogP contribution in [0.5, 0.6) is 0 Å². The highest BCUT2D eigenvalue weighted by Crippen LogP contribution is 2.60. The number of alkyl halides is 12. The average Bonchev–Trinajstić information content (AvgIpc) is 2.96. The predicted octanol–water partition coefficient (Wildman–Crippen LogP) is 6.63. The standard InChI is InChI=1S/C27H36F12O7/c1-5-6-7-8-9-10-22(28,29)24(32,33)26(36,37)27(38,39)25(34,35)23(30,31)16-44-13-19(14-45-20(41)17(2)11-40)15-46-21(42)18(3)12-43-4/h19,40H,2-3,5-16H2,1,4H3. The van der Waals surface area contributed by atoms with Crippen molar-refractivity contribution in [1.82, 2.24) is 0 Å². The van der Waals surface area contributed by atoms with Crippen LogP contribution in [0.15, 0.2) is 24.3 Å². The molecule has 19 heteroatoms. The van der Waals surface area contributed by atoms with Crippen molar-refractivity contribution >= 4 is 11.9 Å². The first kappa shape index (κ1) is 43.5. The number of rotatable bonds is 24. The van der Waals surface area contributed by atoms with Gasteiger partial charge in [-0.1, -0.05) is 45.8 Å². The molecule has 0 bridgehead atoms. The Morgan fingerprint density at radius 3 is 1.59 bits per heavy atom. The molecule has 0 aliphatic heterocycles. The lowest BCUT2D eigenvalue weighted by molar-refractivity contribution is -0.427. The van der Waals surface area contributed by atoms with Crippen molar-refractivity contribution in [1.29, 1.82) is 0 Å². The van der Waals surface area contributed by atoms with Gasteiger partial charge in [-0.15, -0.1) is 0 Å². The number of carbonyl (C=O) groups is 2. The van der Waals surface area contributed by atoms with Crippen molar-refractivity contribution in [2.24, 2.45) is 5.92 Å². The van der Waals surface area contributed by atoms with Gasteiger partial charge in [-0.2, -0.15) is 52.7 Å². The lowest BCUT2D eigenvalue weighted by Crippen LogP contribution is -2.71. The number of hydrogen-bond donors (Lipinski definition) is 1. The summed E-state index contributed by atoms with van der Waals surface area (Å²) in [5, 5.41) is 8.88. The van der Waals surface area contributed by atoms with Crippen LogP contribution in [0.3, 0.4) is 0 Å². The minimum absolute atomic E-state index is 0.182. The Hall–Kier alpha value is -2.54. The Balaban J connectivity index is 5.86. The van der Waals surface area contributed by atoms with Crippen LogP contribution in [0.4, 0.5) is 52.7 Å². The van der Waals surface area contributed by atoms with E-state index in [4.69, 9.17) is 9.84 Å². The van der Waals surface area contributed by atoms with E-state index < -0.39 is 105 Å². The Kier molecular flexibility index (Phi) is 16.6. The Morgan fingerprint density at radius 2 is 1.13 bits per heavy atom. The number of aliphatic hydroxyl groups excluding tert-OH is 1. The molecule has 46 heavy (non-hydrogen) atoms. The number of unbranched alkanes of at least 4 members (excludes halogenated alkanes) is 4. The van der Waals surface area contributed by atoms with Crippen LogP contribution in [0.25, 0.3) is 0 Å². The van der Waals surface area contributed by atoms with Gasteiger partial charge in [0, 0.05) is 13.5 Å². The molecule has 270 valence electrons. The number of esters is 2. The van der Waals surface area contributed by atoms with E-state index in [1.165, 1.54) is 7.11 Å². The molecule has 7 nitrogen and oxygen atoms in total. The van der Waals surface area contributed by atoms with Crippen molar-refractivity contribution in [3.63, 3.8) is 0 Å². The maximum atomic E-state index is 14.3. The summed E-state index contributed by atoms with van der Waals surface area (Å²) in [6, 6.07) is 0. The minimum atomic E-state index is -7.75. The zero-order chi connectivity index (χ0) is 36.2. The number of ether oxygens (including phenoxy) is 4. The summed E-state index contributed by atoms with van der Waals surface area (Å²) in [5.74, 6) is -46.4. The van der Waals surface area contributed by atoms with Gasteiger partial charge in [0.25, 0.3) is 0 Å². The van der Waals surface area contributed by atoms with E-state index in [1.54, 1.807) is 6.92 Å². The van der Waals surface area contributed by atoms with Crippen LogP contribution in [0.1, 0.15) is 45.4 Å². The van der Waals surface area contributed by atoms with Crippen molar-refractivity contribution in [2.45, 2.75) is 81.0 Å². The van der Waals surface area contributed by atoms with Crippen molar-refractivity contribution < 1.29 is 86.3 Å². The van der Waals surface area contributed by atoms with E-state index in [0.29, 0.717) is 12.8 Å². The fraction of sp³-hybridized carbons (Fsp3) is 0.778. The monoisotopic (exact) mass is 700 g/mol. The molecule has 0 aromatic rings. The molecule has 0 heterocycles. The number of aliphatic hydroxyl groups is 1. The number of halogens is 12. The van der Waals surface area contributed by atoms with Crippen LogP contribution < -0.4 is 0 Å². The molecule has 0 aromatic carbocycles. The maximum Gasteiger partial charge on any atom is 0.384 e. The van der Waals surface area contributed by atoms with Gasteiger partial charge in [-0.3, -0.25) is 0 Å². The first-order valence-electron chi connectivity index (χ1n) is 13.6. The highest BCUT2D eigenvalue weighted by atomic mass is 19.4. The predicted molar refractivity (Wildman–Crippen MR) is 137 cm³/mol. The third kappa shape index (κ3) is 10.5. The van der Waals surface area contributed by atoms with E-state index in [0.717, 1.165) is 0 Å². The molecule has 0 aliphatic carbocycles. The summed E-state index contributed by atoms with van der Waals surface area (Å²) < 4.78 is 188. The molecule has 0 aliphatic rings. The van der Waals surface area contributed by atoms with Crippen molar-refractivity contribution in [3.05, 3.63) is 24.3 Å². The van der Waals surface area contributed by atoms with Crippen LogP contribution >= 0.6 is 0 Å². The van der Waals surface area contributed by atoms with Crippen LogP contribution in [0.2, 0.25) is 0 Å². The van der Waals surface area contributed by atoms with Crippen molar-refractivity contribution in [3.8, 4) is 0 Å². The molecule has 1 N–H and O–H groups in total. The minimum Gasteiger partial charge on any atom is -0.462 e. The molecule has 1 atom stereocenters. The van der Waals surface area contributed by atoms with E-state index in [2.05, 4.69) is 27.4 Å². The van der Waals surface area contributed by atoms with Crippen LogP contribution in [-0.4, -0.2) is 99.3 Å². The Bertz CT molecular complexity index is 1020. The van der Waals surface area contributed by atoms with Crippen LogP contribution in [0, 0.1) is 5.92 Å². The molecule has 0 saturated carbocycles. The van der Waals surface area contributed by atoms with E-state index in [-0.39, 0.29) is 25.0 Å². The molecule has 0 aromatic heterocycles. The molecule has 0 spiro atoms. The summed E-state index contributed by atoms with van der Waals surface area (Å²) >= 11 is 0. The molecule has 0 fully saturated rings. The second-order valence-electron chi connectivity index (χ2n) is 10.2. The Labute approximate surface area is 256 Å². The smallest absolute Gasteiger partial charge is 0.384 e. The van der Waals surface area contributed by atoms with Gasteiger partial charge in [0.1, 0.15) is 6.61 Å². The molecular formula is C27H36F12O7. The van der Waals surface area contributed by atoms with Crippen LogP contribution in [-0.2, 0) is 28.5 Å². The average molecular weight is 701 g/mol. The normalized spacial score (nSPS) is 14.2. The van der Waals surface area contributed by atoms with Gasteiger partial charge in [-0.25, -0.2) is 9.59 Å². The lowest BCUT2D eigenvalue weighted by Gasteiger charge is -2.41. The highest BCUT2D eigenvalue weighted by molar-refractivity contribution is 5.88. The molecular weight excluding hydrogens is 664 g/mol. The zero-order valence-electron chi connectivity index (χ0n) is 24.9. The van der Waals surface area contributed by atoms with Gasteiger partial charge in [0.15, 0.2) is 0 Å². The number of hydrogen-bond acceptors (Lipinski definition) is 7. The summed E-state index contributed by atoms with van der Waals surface area (Å²) in [4.78, 5) is 23.5. The second kappa shape index (κ2) is 17.6. The maximum absolute atomic E-state index is 14.3. The van der Waals surface area contributed by atoms with Gasteiger partial charge < -0.3 is 24.1 Å². The van der Waals surface area contributed by atoms with E-state index in [9.17, 15) is 62.3 Å². The van der Waals surface area contributed by atoms with Gasteiger partial charge in [0.2, 0.25) is 0 Å². The number of carbonyl (C=O) groups excluding carboxylic acids is 2. The SMILES string of the molecule is C=C(CO)C(=O)OCC(COCC(F)(F)C(F)(F)C(F)(F)C(F)(F)C(F)(F)C(F)(F)CCCCCCC)COC(=O)C(=C)COC. The topological polar surface area (TPSA) is 91.3 Å². The van der Waals surface area contributed by atoms with E-state index >= 15 is 0 Å².